The van der Waals surface area contributed by atoms with Crippen molar-refractivity contribution < 1.29 is 19.1 Å². The minimum Gasteiger partial charge on any atom is -0.382 e. The highest BCUT2D eigenvalue weighted by Crippen LogP contribution is 2.13. The number of nitrogens with zero attached hydrogens (tertiary/aromatic N) is 6. The number of likely N-dealkylation sites (N-methyl/N-ethyl adjacent to an activating group) is 1. The Morgan fingerprint density at radius 1 is 1.08 bits per heavy atom. The Bertz CT molecular complexity index is 1270. The number of aromatic amines is 1. The van der Waals surface area contributed by atoms with Gasteiger partial charge in [0.05, 0.1) is 32.8 Å². The number of imidazole rings is 1. The lowest BCUT2D eigenvalue weighted by molar-refractivity contribution is -0.121. The molecule has 0 spiro atoms. The van der Waals surface area contributed by atoms with Gasteiger partial charge in [-0.25, -0.2) is 19.7 Å². The fourth-order valence-corrected chi connectivity index (χ4v) is 3.07. The number of aromatic nitrogens is 6. The number of hydrogen-bond donors (Lipinski definition) is 4. The van der Waals surface area contributed by atoms with E-state index >= 15 is 0 Å². The maximum Gasteiger partial charge on any atom is 0.328 e. The molecule has 3 rings (SSSR count). The van der Waals surface area contributed by atoms with Crippen molar-refractivity contribution in [2.75, 3.05) is 65.9 Å². The largest absolute Gasteiger partial charge is 0.382 e. The minimum absolute atomic E-state index is 0.152. The summed E-state index contributed by atoms with van der Waals surface area (Å²) in [7, 11) is 3.96. The van der Waals surface area contributed by atoms with Gasteiger partial charge in [0.25, 0.3) is 5.56 Å². The van der Waals surface area contributed by atoms with Crippen molar-refractivity contribution in [2.24, 2.45) is 0 Å². The van der Waals surface area contributed by atoms with Crippen molar-refractivity contribution in [3.8, 4) is 0 Å². The number of hydrogen-bond acceptors (Lipinski definition) is 11. The summed E-state index contributed by atoms with van der Waals surface area (Å²) in [5.41, 5.74) is 5.91. The molecule has 3 aromatic rings. The number of H-pyrrole nitrogens is 1. The van der Waals surface area contributed by atoms with Crippen LogP contribution in [0.25, 0.3) is 11.2 Å². The Balaban J connectivity index is 0.000000302. The second-order valence-electron chi connectivity index (χ2n) is 8.37. The first kappa shape index (κ1) is 31.1. The van der Waals surface area contributed by atoms with Crippen LogP contribution in [0.1, 0.15) is 6.42 Å². The average Bonchev–Trinajstić information content (AvgIpc) is 3.32. The molecule has 0 bridgehead atoms. The van der Waals surface area contributed by atoms with E-state index in [1.165, 1.54) is 23.2 Å². The first-order valence-corrected chi connectivity index (χ1v) is 12.3. The van der Waals surface area contributed by atoms with Gasteiger partial charge in [0, 0.05) is 51.4 Å². The molecular formula is C23H36N10O6. The van der Waals surface area contributed by atoms with E-state index in [0.717, 1.165) is 6.54 Å². The van der Waals surface area contributed by atoms with Crippen molar-refractivity contribution in [3.05, 3.63) is 45.8 Å². The van der Waals surface area contributed by atoms with Crippen LogP contribution in [0.2, 0.25) is 0 Å². The van der Waals surface area contributed by atoms with Crippen LogP contribution >= 0.6 is 0 Å². The number of nitrogen functional groups attached to an aromatic ring is 1. The third-order valence-corrected chi connectivity index (χ3v) is 5.11. The Morgan fingerprint density at radius 2 is 1.85 bits per heavy atom. The number of aryl methyl sites for hydroxylation is 1. The Hall–Kier alpha value is -4.15. The molecule has 0 aliphatic carbocycles. The number of carbonyl (C=O) groups excluding carboxylic acids is 2. The molecule has 214 valence electrons. The molecule has 0 radical (unpaired) electrons. The Kier molecular flexibility index (Phi) is 13.8. The zero-order chi connectivity index (χ0) is 28.5. The molecule has 3 aromatic heterocycles. The SMILES string of the molecule is CN(C)CCOCCOCCNC(=O)CCn1ccc(=O)[nH]c1=O.Nc1ncnc2c1ncn2CCNC=O. The zero-order valence-electron chi connectivity index (χ0n) is 22.2. The monoisotopic (exact) mass is 548 g/mol. The number of rotatable bonds is 16. The van der Waals surface area contributed by atoms with Crippen molar-refractivity contribution in [3.63, 3.8) is 0 Å². The van der Waals surface area contributed by atoms with Crippen LogP contribution in [0.3, 0.4) is 0 Å². The summed E-state index contributed by atoms with van der Waals surface area (Å²) in [4.78, 5) is 60.3. The predicted molar refractivity (Wildman–Crippen MR) is 143 cm³/mol. The van der Waals surface area contributed by atoms with Gasteiger partial charge < -0.3 is 39.9 Å². The molecule has 0 aliphatic rings. The molecule has 39 heavy (non-hydrogen) atoms. The van der Waals surface area contributed by atoms with Crippen LogP contribution < -0.4 is 27.6 Å². The second kappa shape index (κ2) is 17.4. The number of amides is 2. The van der Waals surface area contributed by atoms with Gasteiger partial charge >= 0.3 is 5.69 Å². The molecule has 16 heteroatoms. The van der Waals surface area contributed by atoms with Crippen molar-refractivity contribution in [1.82, 2.24) is 44.6 Å². The van der Waals surface area contributed by atoms with Crippen LogP contribution in [-0.4, -0.2) is 106 Å². The van der Waals surface area contributed by atoms with Gasteiger partial charge in [-0.15, -0.1) is 0 Å². The van der Waals surface area contributed by atoms with E-state index in [1.807, 2.05) is 23.6 Å². The molecule has 0 saturated heterocycles. The van der Waals surface area contributed by atoms with Gasteiger partial charge in [0.2, 0.25) is 12.3 Å². The predicted octanol–water partition coefficient (Wildman–Crippen LogP) is -2.21. The molecule has 2 amide bonds. The lowest BCUT2D eigenvalue weighted by Gasteiger charge is -2.10. The van der Waals surface area contributed by atoms with E-state index in [4.69, 9.17) is 15.2 Å². The summed E-state index contributed by atoms with van der Waals surface area (Å²) < 4.78 is 13.8. The summed E-state index contributed by atoms with van der Waals surface area (Å²) >= 11 is 0. The van der Waals surface area contributed by atoms with Crippen molar-refractivity contribution in [2.45, 2.75) is 19.5 Å². The smallest absolute Gasteiger partial charge is 0.328 e. The maximum absolute atomic E-state index is 11.6. The van der Waals surface area contributed by atoms with E-state index < -0.39 is 11.2 Å². The highest BCUT2D eigenvalue weighted by molar-refractivity contribution is 5.81. The molecule has 0 aromatic carbocycles. The van der Waals surface area contributed by atoms with Crippen LogP contribution in [0.5, 0.6) is 0 Å². The van der Waals surface area contributed by atoms with Gasteiger partial charge in [-0.1, -0.05) is 0 Å². The third kappa shape index (κ3) is 11.8. The topological polar surface area (TPSA) is 204 Å². The molecule has 0 unspecified atom stereocenters. The van der Waals surface area contributed by atoms with Gasteiger partial charge in [0.15, 0.2) is 11.5 Å². The molecule has 0 saturated carbocycles. The van der Waals surface area contributed by atoms with E-state index in [1.54, 1.807) is 6.33 Å². The van der Waals surface area contributed by atoms with E-state index in [-0.39, 0.29) is 18.9 Å². The first-order chi connectivity index (χ1) is 18.8. The molecule has 3 heterocycles. The Morgan fingerprint density at radius 3 is 2.56 bits per heavy atom. The zero-order valence-corrected chi connectivity index (χ0v) is 22.2. The summed E-state index contributed by atoms with van der Waals surface area (Å²) in [6.07, 6.45) is 5.20. The van der Waals surface area contributed by atoms with Gasteiger partial charge in [-0.2, -0.15) is 0 Å². The minimum atomic E-state index is -0.520. The summed E-state index contributed by atoms with van der Waals surface area (Å²) in [5.74, 6) is 0.182. The molecular weight excluding hydrogens is 512 g/mol. The summed E-state index contributed by atoms with van der Waals surface area (Å²) in [6.45, 7) is 4.68. The summed E-state index contributed by atoms with van der Waals surface area (Å²) in [5, 5.41) is 5.26. The number of carbonyl (C=O) groups is 2. The standard InChI is InChI=1S/C15H26N4O5.C8H10N6O/c1-18(2)8-10-24-12-11-23-9-5-16-13(20)3-6-19-7-4-14(21)17-15(19)22;9-7-6-8(12-3-11-7)14(4-13-6)2-1-10-5-15/h4,7H,3,5-6,8-12H2,1-2H3,(H,16,20)(H,17,21,22);3-5H,1-2H2,(H,10,15)(H2,9,11,12). The highest BCUT2D eigenvalue weighted by Gasteiger charge is 2.06. The molecule has 0 fully saturated rings. The van der Waals surface area contributed by atoms with Crippen molar-refractivity contribution >= 4 is 29.3 Å². The van der Waals surface area contributed by atoms with Gasteiger partial charge in [-0.3, -0.25) is 19.4 Å². The fourth-order valence-electron chi connectivity index (χ4n) is 3.07. The third-order valence-electron chi connectivity index (χ3n) is 5.11. The number of fused-ring (bicyclic) bond motifs is 1. The van der Waals surface area contributed by atoms with Crippen LogP contribution in [0.15, 0.2) is 34.5 Å². The number of nitrogens with one attached hydrogen (secondary N) is 3. The van der Waals surface area contributed by atoms with Crippen LogP contribution in [0.4, 0.5) is 5.82 Å². The molecule has 5 N–H and O–H groups in total. The fraction of sp³-hybridized carbons (Fsp3) is 0.522. The van der Waals surface area contributed by atoms with Gasteiger partial charge in [-0.05, 0) is 14.1 Å². The normalized spacial score (nSPS) is 10.7. The van der Waals surface area contributed by atoms with Crippen LogP contribution in [-0.2, 0) is 32.2 Å². The molecule has 16 nitrogen and oxygen atoms in total. The molecule has 0 aliphatic heterocycles. The number of ether oxygens (including phenoxy) is 2. The first-order valence-electron chi connectivity index (χ1n) is 12.3. The lowest BCUT2D eigenvalue weighted by atomic mass is 10.4. The lowest BCUT2D eigenvalue weighted by Crippen LogP contribution is -2.32. The van der Waals surface area contributed by atoms with E-state index in [0.29, 0.717) is 69.5 Å². The second-order valence-corrected chi connectivity index (χ2v) is 8.37. The maximum atomic E-state index is 11.6. The molecule has 0 atom stereocenters. The summed E-state index contributed by atoms with van der Waals surface area (Å²) in [6, 6.07) is 1.24. The number of anilines is 1. The van der Waals surface area contributed by atoms with Crippen molar-refractivity contribution in [1.29, 1.82) is 0 Å². The van der Waals surface area contributed by atoms with Gasteiger partial charge in [0.1, 0.15) is 11.8 Å². The Labute approximate surface area is 224 Å². The van der Waals surface area contributed by atoms with E-state index in [9.17, 15) is 19.2 Å². The number of nitrogens with two attached hydrogens (primary N) is 1. The quantitative estimate of drug-likeness (QED) is 0.112. The van der Waals surface area contributed by atoms with Crippen LogP contribution in [0, 0.1) is 0 Å². The highest BCUT2D eigenvalue weighted by atomic mass is 16.5. The van der Waals surface area contributed by atoms with E-state index in [2.05, 4.69) is 30.6 Å². The average molecular weight is 549 g/mol.